The maximum atomic E-state index is 12.1. The predicted octanol–water partition coefficient (Wildman–Crippen LogP) is 1.78. The van der Waals surface area contributed by atoms with E-state index in [0.717, 1.165) is 0 Å². The Morgan fingerprint density at radius 1 is 1.53 bits per heavy atom. The lowest BCUT2D eigenvalue weighted by Crippen LogP contribution is -2.45. The van der Waals surface area contributed by atoms with Crippen molar-refractivity contribution < 1.29 is 22.7 Å². The van der Waals surface area contributed by atoms with Gasteiger partial charge in [-0.05, 0) is 13.0 Å². The minimum absolute atomic E-state index is 0.0558. The number of allylic oxidation sites excluding steroid dienone is 1. The Labute approximate surface area is 98.2 Å². The molecule has 1 rings (SSSR count). The van der Waals surface area contributed by atoms with E-state index in [1.165, 1.54) is 13.0 Å². The molecule has 0 bridgehead atoms. The highest BCUT2D eigenvalue weighted by molar-refractivity contribution is 5.87. The highest BCUT2D eigenvalue weighted by atomic mass is 19.4. The highest BCUT2D eigenvalue weighted by Gasteiger charge is 2.30. The zero-order valence-corrected chi connectivity index (χ0v) is 9.67. The van der Waals surface area contributed by atoms with E-state index < -0.39 is 12.6 Å². The number of carbonyl (C=O) groups excluding carboxylic acids is 1. The molecule has 1 unspecified atom stereocenters. The highest BCUT2D eigenvalue weighted by Crippen LogP contribution is 2.21. The molecule has 0 aromatic carbocycles. The quantitative estimate of drug-likeness (QED) is 0.713. The molecule has 98 valence electrons. The molecule has 1 fully saturated rings. The van der Waals surface area contributed by atoms with Crippen LogP contribution in [0.1, 0.15) is 13.3 Å². The monoisotopic (exact) mass is 251 g/mol. The molecule has 1 saturated heterocycles. The van der Waals surface area contributed by atoms with Crippen molar-refractivity contribution in [3.8, 4) is 0 Å². The van der Waals surface area contributed by atoms with Crippen LogP contribution in [-0.4, -0.2) is 49.2 Å². The third-order valence-electron chi connectivity index (χ3n) is 2.52. The summed E-state index contributed by atoms with van der Waals surface area (Å²) in [4.78, 5) is 12.5. The van der Waals surface area contributed by atoms with E-state index in [0.29, 0.717) is 19.8 Å². The molecular weight excluding hydrogens is 235 g/mol. The lowest BCUT2D eigenvalue weighted by molar-refractivity contribution is -0.141. The van der Waals surface area contributed by atoms with Crippen LogP contribution in [0.2, 0.25) is 0 Å². The van der Waals surface area contributed by atoms with Crippen molar-refractivity contribution in [1.82, 2.24) is 4.90 Å². The van der Waals surface area contributed by atoms with E-state index in [1.54, 1.807) is 11.0 Å². The van der Waals surface area contributed by atoms with Crippen LogP contribution in [0.3, 0.4) is 0 Å². The molecular formula is C11H16F3NO2. The lowest BCUT2D eigenvalue weighted by Gasteiger charge is -2.33. The molecule has 0 radical (unpaired) electrons. The second-order valence-electron chi connectivity index (χ2n) is 4.01. The Morgan fingerprint density at radius 2 is 2.24 bits per heavy atom. The number of ether oxygens (including phenoxy) is 1. The SMILES string of the molecule is CC(=O)/C=C/C1COCCN1CCC(F)(F)F. The third-order valence-corrected chi connectivity index (χ3v) is 2.52. The number of ketones is 1. The number of nitrogens with zero attached hydrogens (tertiary/aromatic N) is 1. The molecule has 0 amide bonds. The minimum atomic E-state index is -4.15. The maximum absolute atomic E-state index is 12.1. The summed E-state index contributed by atoms with van der Waals surface area (Å²) in [6.45, 7) is 2.58. The van der Waals surface area contributed by atoms with Gasteiger partial charge < -0.3 is 4.74 Å². The van der Waals surface area contributed by atoms with Gasteiger partial charge in [0, 0.05) is 13.1 Å². The average molecular weight is 251 g/mol. The zero-order valence-electron chi connectivity index (χ0n) is 9.67. The standard InChI is InChI=1S/C11H16F3NO2/c1-9(16)2-3-10-8-17-7-6-15(10)5-4-11(12,13)14/h2-3,10H,4-8H2,1H3/b3-2+. The number of morpholine rings is 1. The summed E-state index contributed by atoms with van der Waals surface area (Å²) in [5.41, 5.74) is 0. The number of rotatable bonds is 4. The first-order valence-electron chi connectivity index (χ1n) is 5.46. The molecule has 3 nitrogen and oxygen atoms in total. The second kappa shape index (κ2) is 6.16. The van der Waals surface area contributed by atoms with E-state index in [9.17, 15) is 18.0 Å². The summed E-state index contributed by atoms with van der Waals surface area (Å²) in [7, 11) is 0. The van der Waals surface area contributed by atoms with Crippen LogP contribution >= 0.6 is 0 Å². The van der Waals surface area contributed by atoms with Crippen molar-refractivity contribution in [3.63, 3.8) is 0 Å². The van der Waals surface area contributed by atoms with E-state index in [-0.39, 0.29) is 18.4 Å². The molecule has 0 saturated carbocycles. The van der Waals surface area contributed by atoms with Crippen LogP contribution in [0.5, 0.6) is 0 Å². The van der Waals surface area contributed by atoms with Crippen molar-refractivity contribution in [2.24, 2.45) is 0 Å². The number of alkyl halides is 3. The normalized spacial score (nSPS) is 23.2. The van der Waals surface area contributed by atoms with Crippen LogP contribution in [0, 0.1) is 0 Å². The van der Waals surface area contributed by atoms with Gasteiger partial charge in [0.15, 0.2) is 5.78 Å². The van der Waals surface area contributed by atoms with Gasteiger partial charge in [0.1, 0.15) is 0 Å². The van der Waals surface area contributed by atoms with Crippen molar-refractivity contribution in [1.29, 1.82) is 0 Å². The second-order valence-corrected chi connectivity index (χ2v) is 4.01. The Balaban J connectivity index is 2.51. The van der Waals surface area contributed by atoms with Gasteiger partial charge in [-0.1, -0.05) is 6.08 Å². The molecule has 1 atom stereocenters. The third kappa shape index (κ3) is 5.83. The summed E-state index contributed by atoms with van der Waals surface area (Å²) in [5, 5.41) is 0. The summed E-state index contributed by atoms with van der Waals surface area (Å²) in [6.07, 6.45) is -2.00. The van der Waals surface area contributed by atoms with Gasteiger partial charge in [-0.25, -0.2) is 0 Å². The molecule has 1 heterocycles. The van der Waals surface area contributed by atoms with Crippen LogP contribution < -0.4 is 0 Å². The van der Waals surface area contributed by atoms with Gasteiger partial charge >= 0.3 is 6.18 Å². The molecule has 17 heavy (non-hydrogen) atoms. The van der Waals surface area contributed by atoms with Gasteiger partial charge in [0.25, 0.3) is 0 Å². The summed E-state index contributed by atoms with van der Waals surface area (Å²) < 4.78 is 41.6. The van der Waals surface area contributed by atoms with Gasteiger partial charge in [0.2, 0.25) is 0 Å². The van der Waals surface area contributed by atoms with Crippen molar-refractivity contribution in [2.75, 3.05) is 26.3 Å². The Kier molecular flexibility index (Phi) is 5.14. The van der Waals surface area contributed by atoms with Gasteiger partial charge in [-0.2, -0.15) is 13.2 Å². The fraction of sp³-hybridized carbons (Fsp3) is 0.727. The maximum Gasteiger partial charge on any atom is 0.390 e. The fourth-order valence-electron chi connectivity index (χ4n) is 1.63. The van der Waals surface area contributed by atoms with E-state index in [2.05, 4.69) is 0 Å². The van der Waals surface area contributed by atoms with Crippen LogP contribution in [-0.2, 0) is 9.53 Å². The fourth-order valence-corrected chi connectivity index (χ4v) is 1.63. The molecule has 0 spiro atoms. The molecule has 0 aliphatic carbocycles. The summed E-state index contributed by atoms with van der Waals surface area (Å²) in [6, 6.07) is -0.241. The van der Waals surface area contributed by atoms with E-state index in [4.69, 9.17) is 4.74 Å². The topological polar surface area (TPSA) is 29.5 Å². The first-order valence-corrected chi connectivity index (χ1v) is 5.46. The van der Waals surface area contributed by atoms with Gasteiger partial charge in [-0.3, -0.25) is 9.69 Å². The van der Waals surface area contributed by atoms with E-state index >= 15 is 0 Å². The Morgan fingerprint density at radius 3 is 2.82 bits per heavy atom. The molecule has 1 aliphatic rings. The summed E-state index contributed by atoms with van der Waals surface area (Å²) >= 11 is 0. The van der Waals surface area contributed by atoms with Gasteiger partial charge in [0.05, 0.1) is 25.7 Å². The Hall–Kier alpha value is -0.880. The van der Waals surface area contributed by atoms with Crippen molar-refractivity contribution in [2.45, 2.75) is 25.6 Å². The minimum Gasteiger partial charge on any atom is -0.378 e. The van der Waals surface area contributed by atoms with Crippen LogP contribution in [0.15, 0.2) is 12.2 Å². The first-order chi connectivity index (χ1) is 7.88. The van der Waals surface area contributed by atoms with Crippen molar-refractivity contribution in [3.05, 3.63) is 12.2 Å². The largest absolute Gasteiger partial charge is 0.390 e. The number of hydrogen-bond acceptors (Lipinski definition) is 3. The molecule has 6 heteroatoms. The summed E-state index contributed by atoms with van der Waals surface area (Å²) in [5.74, 6) is -0.119. The predicted molar refractivity (Wildman–Crippen MR) is 56.7 cm³/mol. The van der Waals surface area contributed by atoms with Crippen LogP contribution in [0.4, 0.5) is 13.2 Å². The first kappa shape index (κ1) is 14.2. The molecule has 0 aromatic rings. The van der Waals surface area contributed by atoms with E-state index in [1.807, 2.05) is 0 Å². The Bertz CT molecular complexity index is 289. The molecule has 1 aliphatic heterocycles. The smallest absolute Gasteiger partial charge is 0.378 e. The van der Waals surface area contributed by atoms with Gasteiger partial charge in [-0.15, -0.1) is 0 Å². The molecule has 0 aromatic heterocycles. The van der Waals surface area contributed by atoms with Crippen molar-refractivity contribution >= 4 is 5.78 Å². The lowest BCUT2D eigenvalue weighted by atomic mass is 10.2. The number of hydrogen-bond donors (Lipinski definition) is 0. The zero-order chi connectivity index (χ0) is 12.9. The van der Waals surface area contributed by atoms with Crippen LogP contribution in [0.25, 0.3) is 0 Å². The molecule has 0 N–H and O–H groups in total. The number of halogens is 3. The number of carbonyl (C=O) groups is 1. The average Bonchev–Trinajstić information content (AvgIpc) is 2.23.